The minimum atomic E-state index is -0.416. The van der Waals surface area contributed by atoms with Gasteiger partial charge in [-0.2, -0.15) is 5.10 Å². The Hall–Kier alpha value is -4.10. The molecule has 0 aliphatic rings. The fourth-order valence-electron chi connectivity index (χ4n) is 2.94. The zero-order valence-corrected chi connectivity index (χ0v) is 17.2. The third-order valence-corrected chi connectivity index (χ3v) is 5.43. The van der Waals surface area contributed by atoms with Gasteiger partial charge in [0, 0.05) is 23.9 Å². The summed E-state index contributed by atoms with van der Waals surface area (Å²) in [5.41, 5.74) is 6.98. The molecule has 0 amide bonds. The number of rotatable bonds is 7. The van der Waals surface area contributed by atoms with Crippen LogP contribution in [0.25, 0.3) is 27.8 Å². The van der Waals surface area contributed by atoms with Crippen molar-refractivity contribution in [3.05, 3.63) is 107 Å². The summed E-state index contributed by atoms with van der Waals surface area (Å²) in [4.78, 5) is 16.1. The second kappa shape index (κ2) is 9.60. The van der Waals surface area contributed by atoms with Crippen molar-refractivity contribution in [2.75, 3.05) is 5.43 Å². The first-order chi connectivity index (χ1) is 15.2. The van der Waals surface area contributed by atoms with Crippen LogP contribution in [0.15, 0.2) is 96.1 Å². The van der Waals surface area contributed by atoms with Crippen LogP contribution in [-0.4, -0.2) is 16.1 Å². The van der Waals surface area contributed by atoms with E-state index in [2.05, 4.69) is 22.7 Å². The van der Waals surface area contributed by atoms with Gasteiger partial charge < -0.3 is 0 Å². The van der Waals surface area contributed by atoms with Gasteiger partial charge in [-0.05, 0) is 29.3 Å². The number of hydrogen-bond donors (Lipinski definition) is 1. The Morgan fingerprint density at radius 1 is 0.903 bits per heavy atom. The summed E-state index contributed by atoms with van der Waals surface area (Å²) >= 11 is 1.54. The molecule has 4 rings (SSSR count). The Balaban J connectivity index is 1.50. The molecule has 0 fully saturated rings. The first-order valence-corrected chi connectivity index (χ1v) is 10.3. The number of thiazole rings is 1. The lowest BCUT2D eigenvalue weighted by Gasteiger charge is -2.02. The minimum Gasteiger partial charge on any atom is -0.258 e. The van der Waals surface area contributed by atoms with Crippen LogP contribution in [0.3, 0.4) is 0 Å². The predicted molar refractivity (Wildman–Crippen MR) is 127 cm³/mol. The van der Waals surface area contributed by atoms with Crippen LogP contribution in [0, 0.1) is 10.1 Å². The molecule has 1 heterocycles. The van der Waals surface area contributed by atoms with E-state index < -0.39 is 4.92 Å². The summed E-state index contributed by atoms with van der Waals surface area (Å²) in [7, 11) is 0. The fourth-order valence-corrected chi connectivity index (χ4v) is 3.88. The highest BCUT2D eigenvalue weighted by molar-refractivity contribution is 7.19. The third-order valence-electron chi connectivity index (χ3n) is 4.42. The number of non-ortho nitro benzene ring substituents is 1. The van der Waals surface area contributed by atoms with Crippen LogP contribution in [0.1, 0.15) is 5.56 Å². The highest BCUT2D eigenvalue weighted by Gasteiger charge is 2.14. The molecule has 0 spiro atoms. The van der Waals surface area contributed by atoms with Crippen LogP contribution >= 0.6 is 11.3 Å². The fraction of sp³-hybridized carbons (Fsp3) is 0. The smallest absolute Gasteiger partial charge is 0.258 e. The molecule has 1 aromatic heterocycles. The third kappa shape index (κ3) is 5.09. The van der Waals surface area contributed by atoms with E-state index in [1.54, 1.807) is 35.8 Å². The number of anilines is 1. The van der Waals surface area contributed by atoms with Gasteiger partial charge in [0.05, 0.1) is 15.5 Å². The zero-order chi connectivity index (χ0) is 21.5. The molecule has 31 heavy (non-hydrogen) atoms. The number of nitrogens with zero attached hydrogens (tertiary/aromatic N) is 3. The van der Waals surface area contributed by atoms with E-state index in [9.17, 15) is 10.1 Å². The summed E-state index contributed by atoms with van der Waals surface area (Å²) in [6.45, 7) is 0. The largest absolute Gasteiger partial charge is 0.269 e. The lowest BCUT2D eigenvalue weighted by Crippen LogP contribution is -1.88. The number of nitrogens with one attached hydrogen (secondary N) is 1. The van der Waals surface area contributed by atoms with E-state index in [4.69, 9.17) is 4.98 Å². The van der Waals surface area contributed by atoms with Gasteiger partial charge in [-0.1, -0.05) is 78.1 Å². The molecule has 0 unspecified atom stereocenters. The van der Waals surface area contributed by atoms with Gasteiger partial charge in [0.1, 0.15) is 0 Å². The van der Waals surface area contributed by atoms with Gasteiger partial charge in [-0.25, -0.2) is 4.98 Å². The summed E-state index contributed by atoms with van der Waals surface area (Å²) in [5.74, 6) is 0. The Kier molecular flexibility index (Phi) is 6.25. The quantitative estimate of drug-likeness (QED) is 0.208. The molecule has 0 bridgehead atoms. The monoisotopic (exact) mass is 426 g/mol. The average molecular weight is 427 g/mol. The van der Waals surface area contributed by atoms with Crippen LogP contribution in [-0.2, 0) is 0 Å². The molecular formula is C24H18N4O2S. The van der Waals surface area contributed by atoms with E-state index in [-0.39, 0.29) is 5.69 Å². The van der Waals surface area contributed by atoms with E-state index in [0.717, 1.165) is 27.3 Å². The van der Waals surface area contributed by atoms with Crippen LogP contribution in [0.2, 0.25) is 0 Å². The Bertz CT molecular complexity index is 1160. The topological polar surface area (TPSA) is 80.4 Å². The summed E-state index contributed by atoms with van der Waals surface area (Å²) in [5, 5.41) is 15.6. The number of hydrogen-bond acceptors (Lipinski definition) is 6. The van der Waals surface area contributed by atoms with Crippen molar-refractivity contribution < 1.29 is 4.92 Å². The van der Waals surface area contributed by atoms with Crippen LogP contribution in [0.5, 0.6) is 0 Å². The lowest BCUT2D eigenvalue weighted by molar-refractivity contribution is -0.384. The maximum absolute atomic E-state index is 10.7. The standard InChI is InChI=1S/C24H18N4O2S/c29-28(30)21-15-13-18(14-16-21)8-7-17-25-27-24-26-22(19-9-3-1-4-10-19)23(31-24)20-11-5-2-6-12-20/h1-17H,(H,26,27). The Labute approximate surface area is 183 Å². The molecule has 3 aromatic carbocycles. The van der Waals surface area contributed by atoms with Gasteiger partial charge in [0.2, 0.25) is 5.13 Å². The van der Waals surface area contributed by atoms with E-state index in [1.807, 2.05) is 54.6 Å². The molecule has 0 saturated carbocycles. The SMILES string of the molecule is O=[N+]([O-])c1ccc(C=CC=NNc2nc(-c3ccccc3)c(-c3ccccc3)s2)cc1. The molecule has 0 saturated heterocycles. The molecule has 4 aromatic rings. The van der Waals surface area contributed by atoms with Gasteiger partial charge >= 0.3 is 0 Å². The maximum Gasteiger partial charge on any atom is 0.269 e. The van der Waals surface area contributed by atoms with Crippen molar-refractivity contribution in [1.82, 2.24) is 4.98 Å². The maximum atomic E-state index is 10.7. The average Bonchev–Trinajstić information content (AvgIpc) is 3.24. The van der Waals surface area contributed by atoms with Crippen molar-refractivity contribution >= 4 is 34.4 Å². The van der Waals surface area contributed by atoms with Gasteiger partial charge in [0.15, 0.2) is 0 Å². The molecule has 6 nitrogen and oxygen atoms in total. The van der Waals surface area contributed by atoms with Gasteiger partial charge in [0.25, 0.3) is 5.69 Å². The first-order valence-electron chi connectivity index (χ1n) is 9.52. The molecule has 1 N–H and O–H groups in total. The number of aromatic nitrogens is 1. The molecule has 7 heteroatoms. The second-order valence-corrected chi connectivity index (χ2v) is 7.53. The zero-order valence-electron chi connectivity index (χ0n) is 16.4. The Morgan fingerprint density at radius 3 is 2.19 bits per heavy atom. The molecular weight excluding hydrogens is 408 g/mol. The molecule has 0 atom stereocenters. The number of nitro groups is 1. The number of allylic oxidation sites excluding steroid dienone is 1. The summed E-state index contributed by atoms with van der Waals surface area (Å²) in [6.07, 6.45) is 5.20. The molecule has 152 valence electrons. The highest BCUT2D eigenvalue weighted by Crippen LogP contribution is 2.38. The summed E-state index contributed by atoms with van der Waals surface area (Å²) in [6, 6.07) is 26.5. The van der Waals surface area contributed by atoms with Crippen molar-refractivity contribution in [3.8, 4) is 21.7 Å². The van der Waals surface area contributed by atoms with Crippen molar-refractivity contribution in [2.24, 2.45) is 5.10 Å². The van der Waals surface area contributed by atoms with Crippen molar-refractivity contribution in [1.29, 1.82) is 0 Å². The molecule has 0 aliphatic carbocycles. The lowest BCUT2D eigenvalue weighted by atomic mass is 10.1. The van der Waals surface area contributed by atoms with Gasteiger partial charge in [-0.3, -0.25) is 15.5 Å². The highest BCUT2D eigenvalue weighted by atomic mass is 32.1. The normalized spacial score (nSPS) is 11.2. The van der Waals surface area contributed by atoms with E-state index >= 15 is 0 Å². The number of nitro benzene ring substituents is 1. The number of hydrazone groups is 1. The number of benzene rings is 3. The molecule has 0 aliphatic heterocycles. The van der Waals surface area contributed by atoms with E-state index in [1.165, 1.54) is 12.1 Å². The van der Waals surface area contributed by atoms with Crippen molar-refractivity contribution in [3.63, 3.8) is 0 Å². The van der Waals surface area contributed by atoms with E-state index in [0.29, 0.717) is 5.13 Å². The van der Waals surface area contributed by atoms with Gasteiger partial charge in [-0.15, -0.1) is 0 Å². The molecule has 0 radical (unpaired) electrons. The van der Waals surface area contributed by atoms with Crippen LogP contribution < -0.4 is 5.43 Å². The summed E-state index contributed by atoms with van der Waals surface area (Å²) < 4.78 is 0. The Morgan fingerprint density at radius 2 is 1.55 bits per heavy atom. The van der Waals surface area contributed by atoms with Crippen molar-refractivity contribution in [2.45, 2.75) is 0 Å². The van der Waals surface area contributed by atoms with Crippen LogP contribution in [0.4, 0.5) is 10.8 Å². The predicted octanol–water partition coefficient (Wildman–Crippen LogP) is 6.50. The second-order valence-electron chi connectivity index (χ2n) is 6.53. The first kappa shape index (κ1) is 20.2. The minimum absolute atomic E-state index is 0.0692.